The van der Waals surface area contributed by atoms with Gasteiger partial charge in [-0.2, -0.15) is 26.3 Å². The molecule has 0 aliphatic rings. The smallest absolute Gasteiger partial charge is 0.741 e. The number of rotatable bonds is 4. The number of thioether (sulfide) groups is 1. The molecule has 0 spiro atoms. The third-order valence-corrected chi connectivity index (χ3v) is 2.67. The van der Waals surface area contributed by atoms with Crippen LogP contribution in [0.25, 0.3) is 0 Å². The first-order chi connectivity index (χ1) is 10.4. The Kier molecular flexibility index (Phi) is 47.9. The minimum atomic E-state index is -6.09. The molecule has 22 heteroatoms. The van der Waals surface area contributed by atoms with Crippen LogP contribution in [0.3, 0.4) is 0 Å². The van der Waals surface area contributed by atoms with Gasteiger partial charge in [0.15, 0.2) is 20.2 Å². The minimum absolute atomic E-state index is 0. The van der Waals surface area contributed by atoms with Gasteiger partial charge in [-0.05, 0) is 11.7 Å². The summed E-state index contributed by atoms with van der Waals surface area (Å²) in [5.41, 5.74) is -11.3. The maximum atomic E-state index is 10.7. The fraction of sp³-hybridized carbons (Fsp3) is 0.500. The molecule has 0 rings (SSSR count). The van der Waals surface area contributed by atoms with E-state index in [4.69, 9.17) is 25.9 Å². The van der Waals surface area contributed by atoms with Crippen LogP contribution in [0.4, 0.5) is 26.3 Å². The van der Waals surface area contributed by atoms with Crippen molar-refractivity contribution in [3.05, 3.63) is 24.5 Å². The molecule has 15 N–H and O–H groups in total. The molecule has 0 saturated carbocycles. The molecule has 0 unspecified atom stereocenters. The predicted octanol–water partition coefficient (Wildman–Crippen LogP) is 2.79. The first-order valence-electron chi connectivity index (χ1n) is 4.83. The molecule has 12 nitrogen and oxygen atoms in total. The number of hydrogen-bond donors (Lipinski definition) is 5. The summed E-state index contributed by atoms with van der Waals surface area (Å²) < 4.78 is 122. The van der Waals surface area contributed by atoms with Gasteiger partial charge in [0.05, 0.1) is 6.61 Å². The maximum absolute atomic E-state index is 10.7. The molecule has 0 amide bonds. The molecule has 0 bridgehead atoms. The van der Waals surface area contributed by atoms with Gasteiger partial charge in [0.2, 0.25) is 0 Å². The van der Waals surface area contributed by atoms with E-state index in [1.807, 2.05) is 24.2 Å². The van der Waals surface area contributed by atoms with E-state index in [1.54, 1.807) is 25.5 Å². The zero-order chi connectivity index (χ0) is 20.2. The zero-order valence-corrected chi connectivity index (χ0v) is 20.5. The second-order valence-electron chi connectivity index (χ2n) is 2.93. The molecule has 0 saturated heterocycles. The van der Waals surface area contributed by atoms with Crippen LogP contribution in [0, 0.1) is 13.0 Å². The Labute approximate surface area is 188 Å². The van der Waals surface area contributed by atoms with Crippen molar-refractivity contribution in [1.29, 1.82) is 0 Å². The topological polar surface area (TPSA) is 299 Å². The summed E-state index contributed by atoms with van der Waals surface area (Å²) in [6, 6.07) is 0. The average molecular weight is 704 g/mol. The van der Waals surface area contributed by atoms with Crippen molar-refractivity contribution >= 4 is 32.0 Å². The van der Waals surface area contributed by atoms with E-state index in [9.17, 15) is 26.3 Å². The monoisotopic (exact) mass is 705 g/mol. The molecule has 2 radical (unpaired) electrons. The van der Waals surface area contributed by atoms with Crippen molar-refractivity contribution in [2.45, 2.75) is 11.0 Å². The van der Waals surface area contributed by atoms with Crippen molar-refractivity contribution < 1.29 is 76.8 Å². The Bertz CT molecular complexity index is 533. The second kappa shape index (κ2) is 25.1. The van der Waals surface area contributed by atoms with Crippen molar-refractivity contribution in [1.82, 2.24) is 30.8 Å². The van der Waals surface area contributed by atoms with Crippen LogP contribution in [0.15, 0.2) is 11.5 Å². The fourth-order valence-corrected chi connectivity index (χ4v) is 0.496. The van der Waals surface area contributed by atoms with E-state index >= 15 is 0 Å². The van der Waals surface area contributed by atoms with Gasteiger partial charge in [0.1, 0.15) is 0 Å². The Morgan fingerprint density at radius 3 is 1.17 bits per heavy atom. The summed E-state index contributed by atoms with van der Waals surface area (Å²) in [4.78, 5) is 0. The standard InChI is InChI=1S/C6H10OS.2CHF3O3S.5H3N.Os/c1-7-5-3-4-6-8-2;2*2-1(3,4)8(5,6)7;;;;;;/h3-6H,1-2H3;2*(H,5,6,7);5*1H3;/q;;;;;;;;+2/p-2/b6-4-;;;;;;;;. The van der Waals surface area contributed by atoms with Gasteiger partial charge >= 0.3 is 30.8 Å². The molecule has 30 heavy (non-hydrogen) atoms. The van der Waals surface area contributed by atoms with Crippen LogP contribution in [-0.2, 0) is 44.8 Å². The van der Waals surface area contributed by atoms with Gasteiger partial charge in [-0.15, -0.1) is 11.8 Å². The molecular formula is C8H25F6N5O7OsS3. The maximum Gasteiger partial charge on any atom is 2.00 e. The molecular weight excluding hydrogens is 679 g/mol. The third-order valence-electron chi connectivity index (χ3n) is 1.11. The summed E-state index contributed by atoms with van der Waals surface area (Å²) in [5, 5.41) is 1.98. The van der Waals surface area contributed by atoms with Crippen molar-refractivity contribution in [2.24, 2.45) is 0 Å². The first kappa shape index (κ1) is 57.2. The minimum Gasteiger partial charge on any atom is -0.741 e. The number of ether oxygens (including phenoxy) is 1. The van der Waals surface area contributed by atoms with Gasteiger partial charge < -0.3 is 44.6 Å². The molecule has 0 atom stereocenters. The van der Waals surface area contributed by atoms with Gasteiger partial charge in [-0.3, -0.25) is 0 Å². The van der Waals surface area contributed by atoms with E-state index in [-0.39, 0.29) is 50.5 Å². The Morgan fingerprint density at radius 2 is 1.03 bits per heavy atom. The normalized spacial score (nSPS) is 10.3. The van der Waals surface area contributed by atoms with Crippen molar-refractivity contribution in [3.63, 3.8) is 0 Å². The third kappa shape index (κ3) is 38.5. The van der Waals surface area contributed by atoms with Gasteiger partial charge in [0, 0.05) is 13.5 Å². The first-order valence-corrected chi connectivity index (χ1v) is 8.93. The van der Waals surface area contributed by atoms with E-state index in [0.717, 1.165) is 0 Å². The Morgan fingerprint density at radius 1 is 0.800 bits per heavy atom. The number of alkyl halides is 6. The Balaban J connectivity index is -0.0000000286. The largest absolute Gasteiger partial charge is 2.00 e. The van der Waals surface area contributed by atoms with Crippen LogP contribution < -0.4 is 30.8 Å². The van der Waals surface area contributed by atoms with E-state index in [0.29, 0.717) is 0 Å². The van der Waals surface area contributed by atoms with Crippen LogP contribution in [0.1, 0.15) is 0 Å². The van der Waals surface area contributed by atoms with E-state index < -0.39 is 31.3 Å². The van der Waals surface area contributed by atoms with E-state index in [2.05, 4.69) is 4.74 Å². The second-order valence-corrected chi connectivity index (χ2v) is 6.41. The number of halogens is 6. The van der Waals surface area contributed by atoms with Gasteiger partial charge in [0.25, 0.3) is 0 Å². The molecule has 0 aliphatic heterocycles. The fourth-order valence-electron chi connectivity index (χ4n) is 0.248. The van der Waals surface area contributed by atoms with Crippen molar-refractivity contribution in [2.75, 3.05) is 13.4 Å². The summed E-state index contributed by atoms with van der Waals surface area (Å²) in [7, 11) is -10.6. The molecule has 0 aliphatic carbocycles. The summed E-state index contributed by atoms with van der Waals surface area (Å²) in [5.74, 6) is 0. The van der Waals surface area contributed by atoms with Crippen LogP contribution >= 0.6 is 11.8 Å². The molecule has 0 fully saturated rings. The van der Waals surface area contributed by atoms with E-state index in [1.165, 1.54) is 0 Å². The molecule has 0 aromatic heterocycles. The molecule has 0 aromatic rings. The van der Waals surface area contributed by atoms with Gasteiger partial charge in [-0.1, -0.05) is 6.08 Å². The van der Waals surface area contributed by atoms with Crippen LogP contribution in [0.2, 0.25) is 0 Å². The SMILES string of the molecule is CO[CH][CH]/C=C\SC.N.N.N.N.N.O=S(=O)([O-])C(F)(F)F.O=S(=O)([O-])C(F)(F)F.[Os+2]. The van der Waals surface area contributed by atoms with Crippen molar-refractivity contribution in [3.8, 4) is 0 Å². The van der Waals surface area contributed by atoms with Crippen LogP contribution in [-0.4, -0.2) is 50.3 Å². The summed E-state index contributed by atoms with van der Waals surface area (Å²) >= 11 is 1.66. The quantitative estimate of drug-likeness (QED) is 0.122. The molecule has 0 heterocycles. The predicted molar refractivity (Wildman–Crippen MR) is 94.9 cm³/mol. The summed E-state index contributed by atoms with van der Waals surface area (Å²) in [6.45, 7) is 1.63. The number of hydrogen-bond acceptors (Lipinski definition) is 13. The Hall–Kier alpha value is -0.114. The average Bonchev–Trinajstić information content (AvgIpc) is 2.31. The molecule has 0 aromatic carbocycles. The van der Waals surface area contributed by atoms with Crippen LogP contribution in [0.5, 0.6) is 0 Å². The summed E-state index contributed by atoms with van der Waals surface area (Å²) in [6.07, 6.45) is 5.78. The molecule has 192 valence electrons. The number of methoxy groups -OCH3 is 1. The zero-order valence-electron chi connectivity index (χ0n) is 15.5. The van der Waals surface area contributed by atoms with Gasteiger partial charge in [-0.25, -0.2) is 16.8 Å².